The van der Waals surface area contributed by atoms with Crippen molar-refractivity contribution < 1.29 is 4.79 Å². The Balaban J connectivity index is 1.86. The molecule has 128 valence electrons. The molecule has 1 saturated heterocycles. The molecule has 0 radical (unpaired) electrons. The van der Waals surface area contributed by atoms with Gasteiger partial charge in [-0.3, -0.25) is 14.5 Å². The van der Waals surface area contributed by atoms with E-state index in [0.29, 0.717) is 13.1 Å². The summed E-state index contributed by atoms with van der Waals surface area (Å²) in [5.41, 5.74) is 0.619. The van der Waals surface area contributed by atoms with E-state index >= 15 is 0 Å². The van der Waals surface area contributed by atoms with Gasteiger partial charge in [-0.2, -0.15) is 0 Å². The van der Waals surface area contributed by atoms with Gasteiger partial charge in [-0.25, -0.2) is 4.98 Å². The molecule has 24 heavy (non-hydrogen) atoms. The molecular formula is C17H23N5O2. The van der Waals surface area contributed by atoms with Crippen LogP contribution in [0.2, 0.25) is 0 Å². The molecular weight excluding hydrogens is 306 g/mol. The number of imidazole rings is 1. The molecule has 3 rings (SSSR count). The number of aryl methyl sites for hydroxylation is 2. The van der Waals surface area contributed by atoms with E-state index in [9.17, 15) is 9.59 Å². The van der Waals surface area contributed by atoms with Gasteiger partial charge in [0.1, 0.15) is 11.4 Å². The Hall–Kier alpha value is -2.41. The number of nitrogens with zero attached hydrogens (tertiary/aromatic N) is 4. The predicted molar refractivity (Wildman–Crippen MR) is 90.9 cm³/mol. The van der Waals surface area contributed by atoms with Gasteiger partial charge in [0.2, 0.25) is 0 Å². The summed E-state index contributed by atoms with van der Waals surface area (Å²) in [5.74, 6) is 0.721. The third kappa shape index (κ3) is 2.99. The molecule has 7 heteroatoms. The number of pyridine rings is 1. The fourth-order valence-electron chi connectivity index (χ4n) is 3.24. The van der Waals surface area contributed by atoms with Crippen molar-refractivity contribution in [2.75, 3.05) is 26.2 Å². The van der Waals surface area contributed by atoms with E-state index in [1.807, 2.05) is 17.8 Å². The zero-order chi connectivity index (χ0) is 17.3. The van der Waals surface area contributed by atoms with Gasteiger partial charge in [0.25, 0.3) is 11.5 Å². The van der Waals surface area contributed by atoms with E-state index in [1.165, 1.54) is 0 Å². The quantitative estimate of drug-likeness (QED) is 0.909. The molecule has 0 saturated carbocycles. The second kappa shape index (κ2) is 6.60. The van der Waals surface area contributed by atoms with Crippen molar-refractivity contribution in [2.24, 2.45) is 7.05 Å². The Morgan fingerprint density at radius 2 is 2.17 bits per heavy atom. The van der Waals surface area contributed by atoms with E-state index in [-0.39, 0.29) is 23.1 Å². The molecule has 0 aliphatic carbocycles. The number of aromatic nitrogens is 3. The van der Waals surface area contributed by atoms with E-state index in [2.05, 4.69) is 21.8 Å². The maximum atomic E-state index is 12.8. The fourth-order valence-corrected chi connectivity index (χ4v) is 3.24. The molecule has 1 atom stereocenters. The van der Waals surface area contributed by atoms with E-state index in [1.54, 1.807) is 30.2 Å². The first-order valence-corrected chi connectivity index (χ1v) is 8.21. The maximum Gasteiger partial charge on any atom is 0.260 e. The number of carbonyl (C=O) groups excluding carboxylic acids is 1. The summed E-state index contributed by atoms with van der Waals surface area (Å²) in [5, 5.41) is 0. The molecule has 0 aromatic carbocycles. The lowest BCUT2D eigenvalue weighted by atomic mass is 10.1. The average molecular weight is 329 g/mol. The topological polar surface area (TPSA) is 74.2 Å². The lowest BCUT2D eigenvalue weighted by Crippen LogP contribution is -2.51. The highest BCUT2D eigenvalue weighted by Gasteiger charge is 2.32. The highest BCUT2D eigenvalue weighted by Crippen LogP contribution is 2.24. The van der Waals surface area contributed by atoms with Gasteiger partial charge in [0.05, 0.1) is 6.04 Å². The standard InChI is InChI=1S/C17H23N5O2/c1-4-21-9-10-22(11-14(21)15-18-7-8-20(15)3)17(24)13-6-5-12(2)19-16(13)23/h5-8,14H,4,9-11H2,1-3H3,(H,19,23). The molecule has 0 bridgehead atoms. The van der Waals surface area contributed by atoms with Crippen molar-refractivity contribution in [3.8, 4) is 0 Å². The highest BCUT2D eigenvalue weighted by atomic mass is 16.2. The Bertz CT molecular complexity index is 794. The predicted octanol–water partition coefficient (Wildman–Crippen LogP) is 0.936. The van der Waals surface area contributed by atoms with Crippen molar-refractivity contribution in [1.82, 2.24) is 24.3 Å². The number of aromatic amines is 1. The number of H-pyrrole nitrogens is 1. The molecule has 1 fully saturated rings. The van der Waals surface area contributed by atoms with E-state index in [4.69, 9.17) is 0 Å². The lowest BCUT2D eigenvalue weighted by Gasteiger charge is -2.40. The molecule has 3 heterocycles. The number of nitrogens with one attached hydrogen (secondary N) is 1. The number of hydrogen-bond donors (Lipinski definition) is 1. The van der Waals surface area contributed by atoms with Gasteiger partial charge in [0, 0.05) is 44.8 Å². The lowest BCUT2D eigenvalue weighted by molar-refractivity contribution is 0.0471. The minimum Gasteiger partial charge on any atom is -0.337 e. The molecule has 0 spiro atoms. The van der Waals surface area contributed by atoms with Crippen LogP contribution in [0.5, 0.6) is 0 Å². The van der Waals surface area contributed by atoms with Crippen LogP contribution in [0.4, 0.5) is 0 Å². The minimum atomic E-state index is -0.327. The largest absolute Gasteiger partial charge is 0.337 e. The fraction of sp³-hybridized carbons (Fsp3) is 0.471. The second-order valence-electron chi connectivity index (χ2n) is 6.18. The van der Waals surface area contributed by atoms with Gasteiger partial charge in [-0.15, -0.1) is 0 Å². The van der Waals surface area contributed by atoms with Gasteiger partial charge >= 0.3 is 0 Å². The summed E-state index contributed by atoms with van der Waals surface area (Å²) in [6, 6.07) is 3.41. The van der Waals surface area contributed by atoms with Crippen molar-refractivity contribution in [3.05, 3.63) is 52.0 Å². The number of rotatable bonds is 3. The second-order valence-corrected chi connectivity index (χ2v) is 6.18. The monoisotopic (exact) mass is 329 g/mol. The third-order valence-electron chi connectivity index (χ3n) is 4.63. The SMILES string of the molecule is CCN1CCN(C(=O)c2ccc(C)[nH]c2=O)CC1c1nccn1C. The molecule has 1 unspecified atom stereocenters. The minimum absolute atomic E-state index is 0.0391. The number of carbonyl (C=O) groups is 1. The van der Waals surface area contributed by atoms with E-state index < -0.39 is 0 Å². The normalized spacial score (nSPS) is 18.8. The van der Waals surface area contributed by atoms with Crippen LogP contribution in [0.25, 0.3) is 0 Å². The first kappa shape index (κ1) is 16.4. The number of amides is 1. The zero-order valence-corrected chi connectivity index (χ0v) is 14.3. The molecule has 7 nitrogen and oxygen atoms in total. The van der Waals surface area contributed by atoms with Crippen LogP contribution in [-0.2, 0) is 7.05 Å². The molecule has 2 aromatic heterocycles. The Morgan fingerprint density at radius 3 is 2.79 bits per heavy atom. The third-order valence-corrected chi connectivity index (χ3v) is 4.63. The molecule has 1 N–H and O–H groups in total. The molecule has 1 amide bonds. The summed E-state index contributed by atoms with van der Waals surface area (Å²) in [6.45, 7) is 6.71. The molecule has 1 aliphatic heterocycles. The maximum absolute atomic E-state index is 12.8. The Labute approximate surface area is 140 Å². The average Bonchev–Trinajstić information content (AvgIpc) is 2.99. The Kier molecular flexibility index (Phi) is 4.53. The molecule has 2 aromatic rings. The van der Waals surface area contributed by atoms with Crippen molar-refractivity contribution >= 4 is 5.91 Å². The highest BCUT2D eigenvalue weighted by molar-refractivity contribution is 5.94. The number of hydrogen-bond acceptors (Lipinski definition) is 4. The van der Waals surface area contributed by atoms with Gasteiger partial charge in [0.15, 0.2) is 0 Å². The van der Waals surface area contributed by atoms with Crippen LogP contribution in [0.3, 0.4) is 0 Å². The van der Waals surface area contributed by atoms with Crippen molar-refractivity contribution in [3.63, 3.8) is 0 Å². The van der Waals surface area contributed by atoms with Crippen LogP contribution in [0.1, 0.15) is 34.8 Å². The first-order valence-electron chi connectivity index (χ1n) is 8.21. The van der Waals surface area contributed by atoms with Crippen LogP contribution >= 0.6 is 0 Å². The summed E-state index contributed by atoms with van der Waals surface area (Å²) in [7, 11) is 1.96. The summed E-state index contributed by atoms with van der Waals surface area (Å²) in [4.78, 5) is 36.1. The van der Waals surface area contributed by atoms with Gasteiger partial charge in [-0.1, -0.05) is 6.92 Å². The summed E-state index contributed by atoms with van der Waals surface area (Å²) in [6.07, 6.45) is 3.68. The van der Waals surface area contributed by atoms with E-state index in [0.717, 1.165) is 24.6 Å². The zero-order valence-electron chi connectivity index (χ0n) is 14.3. The first-order chi connectivity index (χ1) is 11.5. The van der Waals surface area contributed by atoms with Crippen LogP contribution in [-0.4, -0.2) is 56.4 Å². The van der Waals surface area contributed by atoms with Crippen LogP contribution < -0.4 is 5.56 Å². The smallest absolute Gasteiger partial charge is 0.260 e. The van der Waals surface area contributed by atoms with Crippen LogP contribution in [0.15, 0.2) is 29.3 Å². The van der Waals surface area contributed by atoms with Crippen molar-refractivity contribution in [1.29, 1.82) is 0 Å². The van der Waals surface area contributed by atoms with Crippen molar-refractivity contribution in [2.45, 2.75) is 19.9 Å². The van der Waals surface area contributed by atoms with Crippen LogP contribution in [0, 0.1) is 6.92 Å². The summed E-state index contributed by atoms with van der Waals surface area (Å²) >= 11 is 0. The van der Waals surface area contributed by atoms with Gasteiger partial charge < -0.3 is 14.5 Å². The Morgan fingerprint density at radius 1 is 1.38 bits per heavy atom. The summed E-state index contributed by atoms with van der Waals surface area (Å²) < 4.78 is 1.99. The molecule has 1 aliphatic rings. The van der Waals surface area contributed by atoms with Gasteiger partial charge in [-0.05, 0) is 25.6 Å². The number of piperazine rings is 1. The number of likely N-dealkylation sites (N-methyl/N-ethyl adjacent to an activating group) is 1.